The van der Waals surface area contributed by atoms with Crippen LogP contribution in [0.15, 0.2) is 22.7 Å². The maximum Gasteiger partial charge on any atom is 0.142 e. The van der Waals surface area contributed by atoms with E-state index >= 15 is 0 Å². The smallest absolute Gasteiger partial charge is 0.142 e. The van der Waals surface area contributed by atoms with Crippen molar-refractivity contribution >= 4 is 21.6 Å². The Morgan fingerprint density at radius 3 is 3.27 bits per heavy atom. The van der Waals surface area contributed by atoms with E-state index < -0.39 is 0 Å². The second-order valence-electron chi connectivity index (χ2n) is 2.42. The van der Waals surface area contributed by atoms with Gasteiger partial charge in [-0.1, -0.05) is 15.9 Å². The summed E-state index contributed by atoms with van der Waals surface area (Å²) >= 11 is 3.39. The minimum atomic E-state index is 0.759. The molecule has 0 atom stereocenters. The molecule has 11 heavy (non-hydrogen) atoms. The molecule has 1 aliphatic rings. The zero-order valence-electron chi connectivity index (χ0n) is 5.93. The van der Waals surface area contributed by atoms with Crippen molar-refractivity contribution < 1.29 is 4.74 Å². The van der Waals surface area contributed by atoms with Gasteiger partial charge in [-0.3, -0.25) is 0 Å². The quantitative estimate of drug-likeness (QED) is 0.715. The van der Waals surface area contributed by atoms with Gasteiger partial charge < -0.3 is 10.1 Å². The van der Waals surface area contributed by atoms with E-state index in [1.54, 1.807) is 0 Å². The molecule has 2 rings (SSSR count). The number of hydrogen-bond donors (Lipinski definition) is 1. The molecular weight excluding hydrogens is 206 g/mol. The van der Waals surface area contributed by atoms with Crippen molar-refractivity contribution in [2.24, 2.45) is 0 Å². The van der Waals surface area contributed by atoms with Crippen molar-refractivity contribution in [2.45, 2.75) is 0 Å². The Balaban J connectivity index is 2.43. The van der Waals surface area contributed by atoms with Crippen molar-refractivity contribution in [1.82, 2.24) is 0 Å². The Morgan fingerprint density at radius 1 is 1.45 bits per heavy atom. The van der Waals surface area contributed by atoms with Gasteiger partial charge in [-0.2, -0.15) is 0 Å². The minimum Gasteiger partial charge on any atom is -0.490 e. The van der Waals surface area contributed by atoms with Gasteiger partial charge in [-0.15, -0.1) is 0 Å². The third kappa shape index (κ3) is 1.33. The molecule has 0 saturated carbocycles. The lowest BCUT2D eigenvalue weighted by molar-refractivity contribution is 0.323. The van der Waals surface area contributed by atoms with Crippen LogP contribution in [0.4, 0.5) is 5.69 Å². The average Bonchev–Trinajstić information content (AvgIpc) is 2.04. The molecule has 1 aliphatic heterocycles. The van der Waals surface area contributed by atoms with Crippen LogP contribution in [0.5, 0.6) is 5.75 Å². The van der Waals surface area contributed by atoms with Gasteiger partial charge in [0, 0.05) is 11.0 Å². The van der Waals surface area contributed by atoms with Gasteiger partial charge in [-0.05, 0) is 18.2 Å². The van der Waals surface area contributed by atoms with Crippen LogP contribution >= 0.6 is 15.9 Å². The van der Waals surface area contributed by atoms with Gasteiger partial charge in [0.25, 0.3) is 0 Å². The fraction of sp³-hybridized carbons (Fsp3) is 0.250. The van der Waals surface area contributed by atoms with Gasteiger partial charge in [0.1, 0.15) is 12.4 Å². The Bertz CT molecular complexity index is 275. The monoisotopic (exact) mass is 213 g/mol. The Kier molecular flexibility index (Phi) is 1.74. The highest BCUT2D eigenvalue weighted by molar-refractivity contribution is 9.10. The zero-order valence-corrected chi connectivity index (χ0v) is 7.52. The topological polar surface area (TPSA) is 21.3 Å². The molecule has 0 fully saturated rings. The van der Waals surface area contributed by atoms with Gasteiger partial charge in [-0.25, -0.2) is 0 Å². The molecule has 3 heteroatoms. The van der Waals surface area contributed by atoms with Crippen molar-refractivity contribution in [1.29, 1.82) is 0 Å². The predicted molar refractivity (Wildman–Crippen MR) is 48.1 cm³/mol. The molecule has 2 nitrogen and oxygen atoms in total. The van der Waals surface area contributed by atoms with Crippen LogP contribution in [0, 0.1) is 0 Å². The third-order valence-electron chi connectivity index (χ3n) is 1.62. The van der Waals surface area contributed by atoms with Crippen molar-refractivity contribution in [2.75, 3.05) is 18.5 Å². The van der Waals surface area contributed by atoms with Crippen LogP contribution in [0.25, 0.3) is 0 Å². The van der Waals surface area contributed by atoms with E-state index in [0.717, 1.165) is 29.1 Å². The standard InChI is InChI=1S/C8H8BrNO/c9-6-1-2-8-7(5-6)10-3-4-11-8/h1-2,5,10H,3-4H2. The summed E-state index contributed by atoms with van der Waals surface area (Å²) in [6.07, 6.45) is 0. The maximum atomic E-state index is 5.40. The molecular formula is C8H8BrNO. The molecule has 58 valence electrons. The van der Waals surface area contributed by atoms with E-state index in [4.69, 9.17) is 4.74 Å². The summed E-state index contributed by atoms with van der Waals surface area (Å²) < 4.78 is 6.47. The fourth-order valence-corrected chi connectivity index (χ4v) is 1.47. The highest BCUT2D eigenvalue weighted by Gasteiger charge is 2.07. The van der Waals surface area contributed by atoms with E-state index in [1.165, 1.54) is 0 Å². The van der Waals surface area contributed by atoms with E-state index in [1.807, 2.05) is 18.2 Å². The zero-order chi connectivity index (χ0) is 7.68. The summed E-state index contributed by atoms with van der Waals surface area (Å²) in [7, 11) is 0. The van der Waals surface area contributed by atoms with Crippen LogP contribution in [0.1, 0.15) is 0 Å². The van der Waals surface area contributed by atoms with E-state index in [0.29, 0.717) is 0 Å². The lowest BCUT2D eigenvalue weighted by Crippen LogP contribution is -2.17. The largest absolute Gasteiger partial charge is 0.490 e. The second kappa shape index (κ2) is 2.74. The first kappa shape index (κ1) is 6.98. The van der Waals surface area contributed by atoms with Gasteiger partial charge in [0.15, 0.2) is 0 Å². The lowest BCUT2D eigenvalue weighted by atomic mass is 10.2. The third-order valence-corrected chi connectivity index (χ3v) is 2.11. The number of anilines is 1. The summed E-state index contributed by atoms with van der Waals surface area (Å²) in [4.78, 5) is 0. The number of halogens is 1. The number of ether oxygens (including phenoxy) is 1. The Morgan fingerprint density at radius 2 is 2.36 bits per heavy atom. The number of rotatable bonds is 0. The van der Waals surface area contributed by atoms with Crippen molar-refractivity contribution in [3.05, 3.63) is 22.7 Å². The van der Waals surface area contributed by atoms with Crippen LogP contribution in [-0.4, -0.2) is 13.2 Å². The number of benzene rings is 1. The predicted octanol–water partition coefficient (Wildman–Crippen LogP) is 2.25. The minimum absolute atomic E-state index is 0.759. The molecule has 1 aromatic rings. The highest BCUT2D eigenvalue weighted by Crippen LogP contribution is 2.29. The molecule has 0 aromatic heterocycles. The van der Waals surface area contributed by atoms with Gasteiger partial charge in [0.05, 0.1) is 5.69 Å². The molecule has 1 aromatic carbocycles. The van der Waals surface area contributed by atoms with Crippen LogP contribution in [-0.2, 0) is 0 Å². The normalized spacial score (nSPS) is 14.6. The average molecular weight is 214 g/mol. The molecule has 1 N–H and O–H groups in total. The van der Waals surface area contributed by atoms with E-state index in [9.17, 15) is 0 Å². The SMILES string of the molecule is Brc1ccc2c(c1)NCCO2. The fourth-order valence-electron chi connectivity index (χ4n) is 1.11. The van der Waals surface area contributed by atoms with E-state index in [2.05, 4.69) is 21.2 Å². The molecule has 0 bridgehead atoms. The molecule has 0 amide bonds. The summed E-state index contributed by atoms with van der Waals surface area (Å²) in [6, 6.07) is 5.96. The van der Waals surface area contributed by atoms with Crippen LogP contribution < -0.4 is 10.1 Å². The maximum absolute atomic E-state index is 5.40. The first-order chi connectivity index (χ1) is 5.36. The molecule has 0 unspecified atom stereocenters. The first-order valence-corrected chi connectivity index (χ1v) is 4.32. The molecule has 0 spiro atoms. The summed E-state index contributed by atoms with van der Waals surface area (Å²) in [6.45, 7) is 1.65. The molecule has 1 heterocycles. The van der Waals surface area contributed by atoms with Crippen molar-refractivity contribution in [3.8, 4) is 5.75 Å². The van der Waals surface area contributed by atoms with Gasteiger partial charge >= 0.3 is 0 Å². The molecule has 0 saturated heterocycles. The van der Waals surface area contributed by atoms with Crippen molar-refractivity contribution in [3.63, 3.8) is 0 Å². The second-order valence-corrected chi connectivity index (χ2v) is 3.33. The summed E-state index contributed by atoms with van der Waals surface area (Å²) in [5, 5.41) is 3.25. The van der Waals surface area contributed by atoms with Crippen LogP contribution in [0.3, 0.4) is 0 Å². The lowest BCUT2D eigenvalue weighted by Gasteiger charge is -2.18. The number of fused-ring (bicyclic) bond motifs is 1. The molecule has 0 radical (unpaired) electrons. The number of hydrogen-bond acceptors (Lipinski definition) is 2. The summed E-state index contributed by atoms with van der Waals surface area (Å²) in [5.74, 6) is 0.944. The molecule has 0 aliphatic carbocycles. The first-order valence-electron chi connectivity index (χ1n) is 3.52. The van der Waals surface area contributed by atoms with Gasteiger partial charge in [0.2, 0.25) is 0 Å². The Hall–Kier alpha value is -0.700. The highest BCUT2D eigenvalue weighted by atomic mass is 79.9. The van der Waals surface area contributed by atoms with E-state index in [-0.39, 0.29) is 0 Å². The Labute approximate surface area is 73.7 Å². The van der Waals surface area contributed by atoms with Crippen LogP contribution in [0.2, 0.25) is 0 Å². The summed E-state index contributed by atoms with van der Waals surface area (Å²) in [5.41, 5.74) is 1.07. The number of nitrogens with one attached hydrogen (secondary N) is 1.